The molecule has 0 fully saturated rings. The summed E-state index contributed by atoms with van der Waals surface area (Å²) in [7, 11) is 0. The Morgan fingerprint density at radius 3 is 2.22 bits per heavy atom. The highest BCUT2D eigenvalue weighted by Crippen LogP contribution is 2.19. The molecule has 0 spiro atoms. The first-order valence-corrected chi connectivity index (χ1v) is 6.07. The van der Waals surface area contributed by atoms with Gasteiger partial charge in [0.1, 0.15) is 0 Å². The van der Waals surface area contributed by atoms with Gasteiger partial charge in [0.05, 0.1) is 6.54 Å². The first-order chi connectivity index (χ1) is 8.45. The van der Waals surface area contributed by atoms with E-state index in [9.17, 15) is 9.59 Å². The van der Waals surface area contributed by atoms with Crippen LogP contribution in [0.1, 0.15) is 25.0 Å². The molecule has 0 saturated heterocycles. The van der Waals surface area contributed by atoms with Gasteiger partial charge in [0, 0.05) is 19.2 Å². The lowest BCUT2D eigenvalue weighted by atomic mass is 10.1. The summed E-state index contributed by atoms with van der Waals surface area (Å²) in [6, 6.07) is 5.85. The van der Waals surface area contributed by atoms with Crippen LogP contribution < -0.4 is 5.32 Å². The van der Waals surface area contributed by atoms with E-state index in [0.717, 1.165) is 16.8 Å². The minimum atomic E-state index is -0.163. The number of nitrogens with zero attached hydrogens (tertiary/aromatic N) is 1. The fourth-order valence-corrected chi connectivity index (χ4v) is 1.81. The number of rotatable bonds is 4. The largest absolute Gasteiger partial charge is 0.334 e. The second-order valence-electron chi connectivity index (χ2n) is 4.35. The van der Waals surface area contributed by atoms with Gasteiger partial charge < -0.3 is 10.2 Å². The molecule has 1 aromatic carbocycles. The molecule has 0 saturated carbocycles. The number of carbonyl (C=O) groups excluding carboxylic acids is 2. The predicted molar refractivity (Wildman–Crippen MR) is 72.5 cm³/mol. The second kappa shape index (κ2) is 6.19. The Morgan fingerprint density at radius 1 is 1.22 bits per heavy atom. The van der Waals surface area contributed by atoms with E-state index >= 15 is 0 Å². The number of aryl methyl sites for hydroxylation is 2. The third-order valence-electron chi connectivity index (χ3n) is 2.91. The Hall–Kier alpha value is -1.84. The van der Waals surface area contributed by atoms with E-state index < -0.39 is 0 Å². The van der Waals surface area contributed by atoms with Crippen LogP contribution >= 0.6 is 0 Å². The van der Waals surface area contributed by atoms with Crippen molar-refractivity contribution in [2.24, 2.45) is 0 Å². The summed E-state index contributed by atoms with van der Waals surface area (Å²) in [5, 5.41) is 2.87. The van der Waals surface area contributed by atoms with Crippen molar-refractivity contribution >= 4 is 17.5 Å². The molecule has 1 N–H and O–H groups in total. The van der Waals surface area contributed by atoms with Crippen LogP contribution in [0, 0.1) is 13.8 Å². The third-order valence-corrected chi connectivity index (χ3v) is 2.91. The monoisotopic (exact) mass is 248 g/mol. The average Bonchev–Trinajstić information content (AvgIpc) is 2.30. The van der Waals surface area contributed by atoms with Gasteiger partial charge in [-0.25, -0.2) is 0 Å². The maximum atomic E-state index is 11.9. The number of amides is 2. The van der Waals surface area contributed by atoms with Gasteiger partial charge in [0.2, 0.25) is 11.8 Å². The third kappa shape index (κ3) is 3.58. The molecule has 4 nitrogen and oxygen atoms in total. The molecule has 4 heteroatoms. The topological polar surface area (TPSA) is 49.4 Å². The molecule has 18 heavy (non-hydrogen) atoms. The highest BCUT2D eigenvalue weighted by molar-refractivity contribution is 5.95. The lowest BCUT2D eigenvalue weighted by Gasteiger charge is -2.19. The number of carbonyl (C=O) groups is 2. The molecule has 0 unspecified atom stereocenters. The molecule has 0 heterocycles. The molecule has 1 rings (SSSR count). The lowest BCUT2D eigenvalue weighted by Crippen LogP contribution is -2.36. The summed E-state index contributed by atoms with van der Waals surface area (Å²) in [5.74, 6) is -0.251. The van der Waals surface area contributed by atoms with E-state index in [2.05, 4.69) is 5.32 Å². The molecule has 2 amide bonds. The molecule has 0 aliphatic rings. The minimum absolute atomic E-state index is 0.0887. The average molecular weight is 248 g/mol. The first kappa shape index (κ1) is 14.2. The quantitative estimate of drug-likeness (QED) is 0.887. The van der Waals surface area contributed by atoms with Gasteiger partial charge in [0.25, 0.3) is 0 Å². The Labute approximate surface area is 108 Å². The van der Waals surface area contributed by atoms with E-state index in [4.69, 9.17) is 0 Å². The molecule has 0 bridgehead atoms. The van der Waals surface area contributed by atoms with Crippen LogP contribution in [0.5, 0.6) is 0 Å². The highest BCUT2D eigenvalue weighted by atomic mass is 16.2. The first-order valence-electron chi connectivity index (χ1n) is 6.07. The number of benzene rings is 1. The number of nitrogens with one attached hydrogen (secondary N) is 1. The van der Waals surface area contributed by atoms with E-state index in [1.807, 2.05) is 39.0 Å². The van der Waals surface area contributed by atoms with Crippen LogP contribution in [-0.2, 0) is 9.59 Å². The zero-order chi connectivity index (χ0) is 13.7. The molecule has 0 aliphatic carbocycles. The van der Waals surface area contributed by atoms with Crippen LogP contribution in [-0.4, -0.2) is 29.8 Å². The van der Waals surface area contributed by atoms with Crippen molar-refractivity contribution in [2.45, 2.75) is 27.7 Å². The maximum absolute atomic E-state index is 11.9. The zero-order valence-corrected chi connectivity index (χ0v) is 11.4. The van der Waals surface area contributed by atoms with Gasteiger partial charge in [-0.1, -0.05) is 18.2 Å². The van der Waals surface area contributed by atoms with Gasteiger partial charge in [-0.3, -0.25) is 9.59 Å². The van der Waals surface area contributed by atoms with Crippen LogP contribution in [0.3, 0.4) is 0 Å². The fraction of sp³-hybridized carbons (Fsp3) is 0.429. The standard InChI is InChI=1S/C14H20N2O2/c1-5-16(12(4)17)9-13(18)15-14-10(2)7-6-8-11(14)3/h6-8H,5,9H2,1-4H3,(H,15,18). The predicted octanol–water partition coefficient (Wildman–Crippen LogP) is 2.11. The van der Waals surface area contributed by atoms with Gasteiger partial charge in [0.15, 0.2) is 0 Å². The van der Waals surface area contributed by atoms with Crippen molar-refractivity contribution in [3.63, 3.8) is 0 Å². The van der Waals surface area contributed by atoms with E-state index in [1.165, 1.54) is 11.8 Å². The van der Waals surface area contributed by atoms with Crippen molar-refractivity contribution < 1.29 is 9.59 Å². The van der Waals surface area contributed by atoms with Crippen molar-refractivity contribution in [2.75, 3.05) is 18.4 Å². The summed E-state index contributed by atoms with van der Waals surface area (Å²) in [6.07, 6.45) is 0. The van der Waals surface area contributed by atoms with Gasteiger partial charge in [-0.05, 0) is 31.9 Å². The maximum Gasteiger partial charge on any atom is 0.244 e. The van der Waals surface area contributed by atoms with Gasteiger partial charge >= 0.3 is 0 Å². The molecular formula is C14H20N2O2. The number of hydrogen-bond acceptors (Lipinski definition) is 2. The number of likely N-dealkylation sites (N-methyl/N-ethyl adjacent to an activating group) is 1. The highest BCUT2D eigenvalue weighted by Gasteiger charge is 2.13. The fourth-order valence-electron chi connectivity index (χ4n) is 1.81. The van der Waals surface area contributed by atoms with Gasteiger partial charge in [-0.15, -0.1) is 0 Å². The van der Waals surface area contributed by atoms with Crippen LogP contribution in [0.15, 0.2) is 18.2 Å². The Kier molecular flexibility index (Phi) is 4.89. The second-order valence-corrected chi connectivity index (χ2v) is 4.35. The summed E-state index contributed by atoms with van der Waals surface area (Å²) in [4.78, 5) is 24.6. The van der Waals surface area contributed by atoms with Gasteiger partial charge in [-0.2, -0.15) is 0 Å². The van der Waals surface area contributed by atoms with E-state index in [1.54, 1.807) is 0 Å². The molecular weight excluding hydrogens is 228 g/mol. The van der Waals surface area contributed by atoms with Crippen molar-refractivity contribution in [1.82, 2.24) is 4.90 Å². The summed E-state index contributed by atoms with van der Waals surface area (Å²) < 4.78 is 0. The number of para-hydroxylation sites is 1. The molecule has 0 atom stereocenters. The van der Waals surface area contributed by atoms with E-state index in [-0.39, 0.29) is 18.4 Å². The normalized spacial score (nSPS) is 10.0. The Morgan fingerprint density at radius 2 is 1.78 bits per heavy atom. The van der Waals surface area contributed by atoms with Crippen LogP contribution in [0.2, 0.25) is 0 Å². The smallest absolute Gasteiger partial charge is 0.244 e. The summed E-state index contributed by atoms with van der Waals surface area (Å²) in [6.45, 7) is 7.86. The SMILES string of the molecule is CCN(CC(=O)Nc1c(C)cccc1C)C(C)=O. The summed E-state index contributed by atoms with van der Waals surface area (Å²) >= 11 is 0. The van der Waals surface area contributed by atoms with Crippen LogP contribution in [0.25, 0.3) is 0 Å². The number of hydrogen-bond donors (Lipinski definition) is 1. The molecule has 1 aromatic rings. The van der Waals surface area contributed by atoms with Crippen LogP contribution in [0.4, 0.5) is 5.69 Å². The molecule has 0 aliphatic heterocycles. The van der Waals surface area contributed by atoms with Crippen molar-refractivity contribution in [1.29, 1.82) is 0 Å². The minimum Gasteiger partial charge on any atom is -0.334 e. The van der Waals surface area contributed by atoms with Crippen molar-refractivity contribution in [3.05, 3.63) is 29.3 Å². The summed E-state index contributed by atoms with van der Waals surface area (Å²) in [5.41, 5.74) is 2.88. The Balaban J connectivity index is 2.73. The molecule has 0 aromatic heterocycles. The zero-order valence-electron chi connectivity index (χ0n) is 11.4. The lowest BCUT2D eigenvalue weighted by molar-refractivity contribution is -0.132. The Bertz CT molecular complexity index is 435. The molecule has 98 valence electrons. The number of anilines is 1. The van der Waals surface area contributed by atoms with Crippen molar-refractivity contribution in [3.8, 4) is 0 Å². The van der Waals surface area contributed by atoms with E-state index in [0.29, 0.717) is 6.54 Å². The molecule has 0 radical (unpaired) electrons.